The normalized spacial score (nSPS) is 12.5. The number of thioether (sulfide) groups is 1. The van der Waals surface area contributed by atoms with Crippen molar-refractivity contribution in [1.29, 1.82) is 0 Å². The van der Waals surface area contributed by atoms with Crippen LogP contribution >= 0.6 is 23.4 Å². The van der Waals surface area contributed by atoms with Crippen molar-refractivity contribution in [3.63, 3.8) is 0 Å². The van der Waals surface area contributed by atoms with Crippen molar-refractivity contribution < 1.29 is 4.74 Å². The summed E-state index contributed by atoms with van der Waals surface area (Å²) >= 11 is 7.44. The number of H-pyrrole nitrogens is 1. The molecule has 0 bridgehead atoms. The van der Waals surface area contributed by atoms with E-state index in [0.717, 1.165) is 0 Å². The van der Waals surface area contributed by atoms with Crippen LogP contribution in [0.1, 0.15) is 18.0 Å². The van der Waals surface area contributed by atoms with Crippen LogP contribution in [0.5, 0.6) is 0 Å². The van der Waals surface area contributed by atoms with E-state index in [9.17, 15) is 9.59 Å². The Morgan fingerprint density at radius 3 is 2.73 bits per heavy atom. The molecular weight excluding hydrogens is 424 g/mol. The van der Waals surface area contributed by atoms with Crippen molar-refractivity contribution in [3.8, 4) is 0 Å². The largest absolute Gasteiger partial charge is 0.383 e. The monoisotopic (exact) mass is 442 g/mol. The Balaban J connectivity index is 1.78. The van der Waals surface area contributed by atoms with Gasteiger partial charge >= 0.3 is 0 Å². The first-order chi connectivity index (χ1) is 14.5. The summed E-state index contributed by atoms with van der Waals surface area (Å²) < 4.78 is 6.75. The minimum atomic E-state index is -0.250. The van der Waals surface area contributed by atoms with Gasteiger partial charge in [-0.2, -0.15) is 0 Å². The average Bonchev–Trinajstić information content (AvgIpc) is 2.73. The maximum absolute atomic E-state index is 13.1. The van der Waals surface area contributed by atoms with Gasteiger partial charge < -0.3 is 9.72 Å². The Morgan fingerprint density at radius 1 is 1.13 bits per heavy atom. The predicted octanol–water partition coefficient (Wildman–Crippen LogP) is 3.79. The summed E-state index contributed by atoms with van der Waals surface area (Å²) in [5, 5.41) is 1.79. The number of nitrogens with one attached hydrogen (secondary N) is 1. The molecule has 0 saturated heterocycles. The summed E-state index contributed by atoms with van der Waals surface area (Å²) in [4.78, 5) is 37.6. The SMILES string of the molecule is COCCn1c(SC(C)c2nc3ccccc3c(=O)[nH]2)nc2cc(Cl)ccc2c1=O. The predicted molar refractivity (Wildman–Crippen MR) is 120 cm³/mol. The molecular formula is C21H19ClN4O3S. The lowest BCUT2D eigenvalue weighted by molar-refractivity contribution is 0.183. The molecule has 0 saturated carbocycles. The molecule has 4 rings (SSSR count). The highest BCUT2D eigenvalue weighted by Crippen LogP contribution is 2.32. The van der Waals surface area contributed by atoms with E-state index in [-0.39, 0.29) is 16.4 Å². The van der Waals surface area contributed by atoms with Gasteiger partial charge in [0.1, 0.15) is 5.82 Å². The van der Waals surface area contributed by atoms with E-state index in [1.54, 1.807) is 48.1 Å². The topological polar surface area (TPSA) is 89.9 Å². The molecule has 4 aromatic rings. The zero-order valence-electron chi connectivity index (χ0n) is 16.4. The summed E-state index contributed by atoms with van der Waals surface area (Å²) in [6.07, 6.45) is 0. The second-order valence-corrected chi connectivity index (χ2v) is 8.48. The molecule has 9 heteroatoms. The lowest BCUT2D eigenvalue weighted by Gasteiger charge is -2.16. The summed E-state index contributed by atoms with van der Waals surface area (Å²) in [5.41, 5.74) is 0.788. The van der Waals surface area contributed by atoms with Gasteiger partial charge in [-0.1, -0.05) is 35.5 Å². The molecule has 0 radical (unpaired) electrons. The first-order valence-corrected chi connectivity index (χ1v) is 10.6. The van der Waals surface area contributed by atoms with Crippen LogP contribution in [0.4, 0.5) is 0 Å². The zero-order chi connectivity index (χ0) is 21.3. The minimum absolute atomic E-state index is 0.164. The zero-order valence-corrected chi connectivity index (χ0v) is 18.0. The average molecular weight is 443 g/mol. The Labute approximate surface area is 181 Å². The van der Waals surface area contributed by atoms with Crippen molar-refractivity contribution in [2.45, 2.75) is 23.9 Å². The maximum Gasteiger partial charge on any atom is 0.262 e. The molecule has 0 aliphatic heterocycles. The Morgan fingerprint density at radius 2 is 1.93 bits per heavy atom. The van der Waals surface area contributed by atoms with Crippen LogP contribution in [0, 0.1) is 0 Å². The molecule has 0 aliphatic rings. The van der Waals surface area contributed by atoms with Crippen molar-refractivity contribution in [2.75, 3.05) is 13.7 Å². The number of aromatic amines is 1. The fourth-order valence-electron chi connectivity index (χ4n) is 3.15. The third-order valence-electron chi connectivity index (χ3n) is 4.70. The van der Waals surface area contributed by atoms with Gasteiger partial charge in [-0.25, -0.2) is 9.97 Å². The molecule has 1 unspecified atom stereocenters. The maximum atomic E-state index is 13.1. The van der Waals surface area contributed by atoms with Gasteiger partial charge in [0.05, 0.1) is 40.2 Å². The number of hydrogen-bond acceptors (Lipinski definition) is 6. The Bertz CT molecular complexity index is 1350. The number of halogens is 1. The van der Waals surface area contributed by atoms with Crippen molar-refractivity contribution in [1.82, 2.24) is 19.5 Å². The van der Waals surface area contributed by atoms with E-state index in [4.69, 9.17) is 16.3 Å². The molecule has 7 nitrogen and oxygen atoms in total. The van der Waals surface area contributed by atoms with Crippen LogP contribution < -0.4 is 11.1 Å². The number of benzene rings is 2. The summed E-state index contributed by atoms with van der Waals surface area (Å²) in [6.45, 7) is 2.64. The molecule has 2 aromatic carbocycles. The van der Waals surface area contributed by atoms with Crippen molar-refractivity contribution in [3.05, 3.63) is 74.0 Å². The fourth-order valence-corrected chi connectivity index (χ4v) is 4.31. The molecule has 1 N–H and O–H groups in total. The van der Waals surface area contributed by atoms with Crippen LogP contribution in [-0.2, 0) is 11.3 Å². The number of methoxy groups -OCH3 is 1. The Kier molecular flexibility index (Phi) is 5.90. The van der Waals surface area contributed by atoms with E-state index in [2.05, 4.69) is 15.0 Å². The number of para-hydroxylation sites is 1. The van der Waals surface area contributed by atoms with E-state index in [1.807, 2.05) is 13.0 Å². The van der Waals surface area contributed by atoms with E-state index >= 15 is 0 Å². The molecule has 2 aromatic heterocycles. The number of aromatic nitrogens is 4. The fraction of sp³-hybridized carbons (Fsp3) is 0.238. The number of nitrogens with zero attached hydrogens (tertiary/aromatic N) is 3. The highest BCUT2D eigenvalue weighted by molar-refractivity contribution is 7.99. The van der Waals surface area contributed by atoms with Crippen LogP contribution in [0.15, 0.2) is 57.2 Å². The van der Waals surface area contributed by atoms with E-state index in [0.29, 0.717) is 51.0 Å². The summed E-state index contributed by atoms with van der Waals surface area (Å²) in [6, 6.07) is 12.2. The van der Waals surface area contributed by atoms with E-state index < -0.39 is 0 Å². The van der Waals surface area contributed by atoms with Gasteiger partial charge in [0.25, 0.3) is 11.1 Å². The second kappa shape index (κ2) is 8.59. The van der Waals surface area contributed by atoms with Gasteiger partial charge in [0.2, 0.25) is 0 Å². The molecule has 0 spiro atoms. The molecule has 2 heterocycles. The smallest absolute Gasteiger partial charge is 0.262 e. The van der Waals surface area contributed by atoms with E-state index in [1.165, 1.54) is 11.8 Å². The van der Waals surface area contributed by atoms with Crippen molar-refractivity contribution >= 4 is 45.2 Å². The molecule has 0 aliphatic carbocycles. The van der Waals surface area contributed by atoms with Gasteiger partial charge in [0.15, 0.2) is 5.16 Å². The lowest BCUT2D eigenvalue weighted by atomic mass is 10.2. The lowest BCUT2D eigenvalue weighted by Crippen LogP contribution is -2.25. The molecule has 0 amide bonds. The highest BCUT2D eigenvalue weighted by Gasteiger charge is 2.18. The summed E-state index contributed by atoms with van der Waals surface area (Å²) in [5.74, 6) is 0.516. The first kappa shape index (κ1) is 20.6. The minimum Gasteiger partial charge on any atom is -0.383 e. The third-order valence-corrected chi connectivity index (χ3v) is 6.03. The number of hydrogen-bond donors (Lipinski definition) is 1. The standard InChI is InChI=1S/C21H19ClN4O3S/c1-12(18-23-16-6-4-3-5-14(16)19(27)25-18)30-21-24-17-11-13(22)7-8-15(17)20(28)26(21)9-10-29-2/h3-8,11-12H,9-10H2,1-2H3,(H,23,25,27). The van der Waals surface area contributed by atoms with Gasteiger partial charge in [-0.15, -0.1) is 0 Å². The molecule has 1 atom stereocenters. The van der Waals surface area contributed by atoms with Crippen LogP contribution in [0.25, 0.3) is 21.8 Å². The highest BCUT2D eigenvalue weighted by atomic mass is 35.5. The first-order valence-electron chi connectivity index (χ1n) is 9.32. The molecule has 0 fully saturated rings. The summed E-state index contributed by atoms with van der Waals surface area (Å²) in [7, 11) is 1.58. The van der Waals surface area contributed by atoms with Gasteiger partial charge in [-0.05, 0) is 37.3 Å². The van der Waals surface area contributed by atoms with Crippen LogP contribution in [0.2, 0.25) is 5.02 Å². The molecule has 30 heavy (non-hydrogen) atoms. The van der Waals surface area contributed by atoms with Gasteiger partial charge in [0, 0.05) is 12.1 Å². The number of rotatable bonds is 6. The number of ether oxygens (including phenoxy) is 1. The third kappa shape index (κ3) is 3.98. The second-order valence-electron chi connectivity index (χ2n) is 6.73. The Hall–Kier alpha value is -2.68. The molecule has 154 valence electrons. The van der Waals surface area contributed by atoms with Crippen LogP contribution in [0.3, 0.4) is 0 Å². The number of fused-ring (bicyclic) bond motifs is 2. The van der Waals surface area contributed by atoms with Crippen molar-refractivity contribution in [2.24, 2.45) is 0 Å². The van der Waals surface area contributed by atoms with Crippen LogP contribution in [-0.4, -0.2) is 33.2 Å². The van der Waals surface area contributed by atoms with Gasteiger partial charge in [-0.3, -0.25) is 14.2 Å². The quantitative estimate of drug-likeness (QED) is 0.361.